The topological polar surface area (TPSA) is 88.6 Å². The zero-order chi connectivity index (χ0) is 16.0. The number of fused-ring (bicyclic) bond motifs is 3. The van der Waals surface area contributed by atoms with Gasteiger partial charge in [0.15, 0.2) is 5.65 Å². The summed E-state index contributed by atoms with van der Waals surface area (Å²) in [6.07, 6.45) is 6.27. The van der Waals surface area contributed by atoms with Crippen molar-refractivity contribution in [2.24, 2.45) is 5.92 Å². The fourth-order valence-electron chi connectivity index (χ4n) is 3.73. The highest BCUT2D eigenvalue weighted by Crippen LogP contribution is 2.35. The Morgan fingerprint density at radius 1 is 1.35 bits per heavy atom. The lowest BCUT2D eigenvalue weighted by molar-refractivity contribution is 0.258. The van der Waals surface area contributed by atoms with Crippen LogP contribution in [0.3, 0.4) is 0 Å². The molecule has 1 aliphatic carbocycles. The van der Waals surface area contributed by atoms with E-state index in [1.165, 1.54) is 6.42 Å². The molecule has 4 rings (SSSR count). The van der Waals surface area contributed by atoms with Crippen molar-refractivity contribution in [2.75, 3.05) is 6.61 Å². The summed E-state index contributed by atoms with van der Waals surface area (Å²) in [5.41, 5.74) is 2.84. The Labute approximate surface area is 133 Å². The van der Waals surface area contributed by atoms with Gasteiger partial charge in [0, 0.05) is 6.04 Å². The zero-order valence-electron chi connectivity index (χ0n) is 13.4. The van der Waals surface area contributed by atoms with Crippen LogP contribution in [0.5, 0.6) is 6.01 Å². The highest BCUT2D eigenvalue weighted by atomic mass is 16.5. The molecule has 7 nitrogen and oxygen atoms in total. The highest BCUT2D eigenvalue weighted by Gasteiger charge is 2.27. The van der Waals surface area contributed by atoms with Gasteiger partial charge in [0.2, 0.25) is 0 Å². The van der Waals surface area contributed by atoms with E-state index in [1.807, 2.05) is 11.5 Å². The molecule has 3 aromatic heterocycles. The van der Waals surface area contributed by atoms with Gasteiger partial charge in [-0.05, 0) is 25.7 Å². The molecule has 0 unspecified atom stereocenters. The molecule has 122 valence electrons. The molecule has 7 heteroatoms. The molecule has 0 spiro atoms. The quantitative estimate of drug-likeness (QED) is 0.778. The third-order valence-corrected chi connectivity index (χ3v) is 4.85. The van der Waals surface area contributed by atoms with E-state index in [0.717, 1.165) is 30.3 Å². The predicted octanol–water partition coefficient (Wildman–Crippen LogP) is 2.75. The normalized spacial score (nSPS) is 22.0. The summed E-state index contributed by atoms with van der Waals surface area (Å²) in [6, 6.07) is 0.655. The van der Waals surface area contributed by atoms with Crippen molar-refractivity contribution in [1.29, 1.82) is 0 Å². The summed E-state index contributed by atoms with van der Waals surface area (Å²) in [4.78, 5) is 27.4. The van der Waals surface area contributed by atoms with E-state index in [1.54, 1.807) is 6.20 Å². The number of ether oxygens (including phenoxy) is 1. The molecular formula is C16H21N5O2. The van der Waals surface area contributed by atoms with Gasteiger partial charge in [-0.3, -0.25) is 9.55 Å². The number of imidazole rings is 2. The molecule has 3 heterocycles. The smallest absolute Gasteiger partial charge is 0.326 e. The number of nitrogens with zero attached hydrogens (tertiary/aromatic N) is 3. The van der Waals surface area contributed by atoms with Crippen molar-refractivity contribution < 1.29 is 4.74 Å². The standard InChI is InChI=1S/C16H21N5O2/c1-3-23-15-19-12-13-10(8-17-14(12)20-15)18-16(22)21(13)11-7-5-4-6-9(11)2/h8-9,11H,3-7H2,1-2H3,(H,18,22)(H,17,19,20)/t9-,11+/m1/s1. The first-order valence-corrected chi connectivity index (χ1v) is 8.30. The Hall–Kier alpha value is -2.31. The lowest BCUT2D eigenvalue weighted by atomic mass is 9.85. The third-order valence-electron chi connectivity index (χ3n) is 4.85. The summed E-state index contributed by atoms with van der Waals surface area (Å²) >= 11 is 0. The third kappa shape index (κ3) is 2.22. The Kier molecular flexibility index (Phi) is 3.36. The van der Waals surface area contributed by atoms with Crippen LogP contribution in [0.25, 0.3) is 22.2 Å². The SMILES string of the molecule is CCOc1nc2c(ncc3[nH]c(=O)n([C@H]4CCCC[C@H]4C)c32)[nH]1. The van der Waals surface area contributed by atoms with Crippen molar-refractivity contribution in [2.45, 2.75) is 45.6 Å². The van der Waals surface area contributed by atoms with Gasteiger partial charge in [-0.1, -0.05) is 19.8 Å². The van der Waals surface area contributed by atoms with E-state index < -0.39 is 0 Å². The molecule has 0 bridgehead atoms. The molecule has 0 aromatic carbocycles. The van der Waals surface area contributed by atoms with Gasteiger partial charge >= 0.3 is 5.69 Å². The highest BCUT2D eigenvalue weighted by molar-refractivity contribution is 5.98. The van der Waals surface area contributed by atoms with Gasteiger partial charge in [0.1, 0.15) is 11.0 Å². The molecule has 0 aliphatic heterocycles. The van der Waals surface area contributed by atoms with E-state index in [2.05, 4.69) is 26.9 Å². The Morgan fingerprint density at radius 2 is 2.17 bits per heavy atom. The van der Waals surface area contributed by atoms with Crippen LogP contribution in [-0.4, -0.2) is 31.1 Å². The Balaban J connectivity index is 1.97. The first-order valence-electron chi connectivity index (χ1n) is 8.30. The van der Waals surface area contributed by atoms with Crippen LogP contribution in [0.1, 0.15) is 45.6 Å². The molecule has 1 fully saturated rings. The number of nitrogens with one attached hydrogen (secondary N) is 2. The van der Waals surface area contributed by atoms with Crippen LogP contribution in [0.15, 0.2) is 11.0 Å². The number of hydrogen-bond acceptors (Lipinski definition) is 4. The van der Waals surface area contributed by atoms with Gasteiger partial charge in [-0.15, -0.1) is 0 Å². The molecule has 2 atom stereocenters. The Bertz CT molecular complexity index is 906. The van der Waals surface area contributed by atoms with Gasteiger partial charge in [-0.2, -0.15) is 4.98 Å². The molecule has 23 heavy (non-hydrogen) atoms. The fourth-order valence-corrected chi connectivity index (χ4v) is 3.73. The van der Waals surface area contributed by atoms with E-state index in [4.69, 9.17) is 4.74 Å². The first kappa shape index (κ1) is 14.3. The second-order valence-electron chi connectivity index (χ2n) is 6.32. The second kappa shape index (κ2) is 5.40. The number of pyridine rings is 1. The molecule has 0 amide bonds. The zero-order valence-corrected chi connectivity index (χ0v) is 13.4. The maximum absolute atomic E-state index is 12.6. The maximum Gasteiger partial charge on any atom is 0.326 e. The van der Waals surface area contributed by atoms with Gasteiger partial charge in [-0.25, -0.2) is 9.78 Å². The molecular weight excluding hydrogens is 294 g/mol. The van der Waals surface area contributed by atoms with Crippen LogP contribution < -0.4 is 10.4 Å². The van der Waals surface area contributed by atoms with Crippen LogP contribution in [0.2, 0.25) is 0 Å². The van der Waals surface area contributed by atoms with Crippen LogP contribution in [-0.2, 0) is 0 Å². The number of rotatable bonds is 3. The monoisotopic (exact) mass is 315 g/mol. The number of aromatic nitrogens is 5. The fraction of sp³-hybridized carbons (Fsp3) is 0.562. The second-order valence-corrected chi connectivity index (χ2v) is 6.32. The average molecular weight is 315 g/mol. The first-order chi connectivity index (χ1) is 11.2. The lowest BCUT2D eigenvalue weighted by Crippen LogP contribution is -2.29. The van der Waals surface area contributed by atoms with Gasteiger partial charge in [0.25, 0.3) is 6.01 Å². The maximum atomic E-state index is 12.6. The summed E-state index contributed by atoms with van der Waals surface area (Å²) in [5, 5.41) is 0. The summed E-state index contributed by atoms with van der Waals surface area (Å²) in [6.45, 7) is 4.67. The van der Waals surface area contributed by atoms with E-state index in [9.17, 15) is 4.79 Å². The summed E-state index contributed by atoms with van der Waals surface area (Å²) < 4.78 is 7.34. The van der Waals surface area contributed by atoms with Crippen LogP contribution in [0.4, 0.5) is 0 Å². The van der Waals surface area contributed by atoms with E-state index in [0.29, 0.717) is 29.7 Å². The Morgan fingerprint density at radius 3 is 2.96 bits per heavy atom. The molecule has 0 saturated heterocycles. The average Bonchev–Trinajstić information content (AvgIpc) is 3.08. The number of hydrogen-bond donors (Lipinski definition) is 2. The lowest BCUT2D eigenvalue weighted by Gasteiger charge is -2.29. The molecule has 1 aliphatic rings. The van der Waals surface area contributed by atoms with Gasteiger partial charge in [0.05, 0.1) is 18.3 Å². The van der Waals surface area contributed by atoms with Crippen LogP contribution >= 0.6 is 0 Å². The largest absolute Gasteiger partial charge is 0.465 e. The van der Waals surface area contributed by atoms with E-state index in [-0.39, 0.29) is 11.7 Å². The van der Waals surface area contributed by atoms with Crippen molar-refractivity contribution in [3.63, 3.8) is 0 Å². The van der Waals surface area contributed by atoms with Gasteiger partial charge < -0.3 is 9.72 Å². The van der Waals surface area contributed by atoms with Crippen LogP contribution in [0, 0.1) is 5.92 Å². The minimum absolute atomic E-state index is 0.0750. The van der Waals surface area contributed by atoms with Crippen molar-refractivity contribution >= 4 is 22.2 Å². The predicted molar refractivity (Wildman–Crippen MR) is 87.8 cm³/mol. The molecule has 3 aromatic rings. The molecule has 0 radical (unpaired) electrons. The number of H-pyrrole nitrogens is 2. The minimum atomic E-state index is -0.0750. The number of aromatic amines is 2. The van der Waals surface area contributed by atoms with Crippen molar-refractivity contribution in [1.82, 2.24) is 24.5 Å². The minimum Gasteiger partial charge on any atom is -0.465 e. The molecule has 2 N–H and O–H groups in total. The van der Waals surface area contributed by atoms with Crippen molar-refractivity contribution in [3.8, 4) is 6.01 Å². The summed E-state index contributed by atoms with van der Waals surface area (Å²) in [5.74, 6) is 0.481. The summed E-state index contributed by atoms with van der Waals surface area (Å²) in [7, 11) is 0. The van der Waals surface area contributed by atoms with Crippen molar-refractivity contribution in [3.05, 3.63) is 16.7 Å². The molecule has 1 saturated carbocycles. The van der Waals surface area contributed by atoms with E-state index >= 15 is 0 Å².